The first-order chi connectivity index (χ1) is 16.1. The number of rotatable bonds is 13. The first-order valence-electron chi connectivity index (χ1n) is 13.4. The van der Waals surface area contributed by atoms with Crippen molar-refractivity contribution >= 4 is 0 Å². The SMILES string of the molecule is CCCCCCCc1ccc(-c2ccc(CCC3CCC(CCCC)CC3)nn2)c(F)c1F. The smallest absolute Gasteiger partial charge is 0.168 e. The van der Waals surface area contributed by atoms with Crippen LogP contribution in [0.15, 0.2) is 24.3 Å². The molecule has 3 rings (SSSR count). The minimum Gasteiger partial charge on any atom is -0.203 e. The zero-order chi connectivity index (χ0) is 23.5. The molecule has 33 heavy (non-hydrogen) atoms. The van der Waals surface area contributed by atoms with E-state index in [9.17, 15) is 8.78 Å². The van der Waals surface area contributed by atoms with Crippen molar-refractivity contribution < 1.29 is 8.78 Å². The lowest BCUT2D eigenvalue weighted by Gasteiger charge is -2.28. The van der Waals surface area contributed by atoms with Crippen molar-refractivity contribution in [3.8, 4) is 11.3 Å². The highest BCUT2D eigenvalue weighted by molar-refractivity contribution is 5.60. The van der Waals surface area contributed by atoms with E-state index in [0.29, 0.717) is 17.7 Å². The molecule has 0 N–H and O–H groups in total. The molecule has 1 aromatic heterocycles. The summed E-state index contributed by atoms with van der Waals surface area (Å²) in [5.74, 6) is 0.180. The number of hydrogen-bond donors (Lipinski definition) is 0. The average Bonchev–Trinajstić information content (AvgIpc) is 2.85. The van der Waals surface area contributed by atoms with Gasteiger partial charge in [0.05, 0.1) is 11.4 Å². The molecule has 0 atom stereocenters. The number of benzene rings is 1. The third-order valence-corrected chi connectivity index (χ3v) is 7.45. The van der Waals surface area contributed by atoms with Crippen molar-refractivity contribution in [3.63, 3.8) is 0 Å². The molecule has 0 aliphatic heterocycles. The van der Waals surface area contributed by atoms with Gasteiger partial charge in [-0.05, 0) is 61.3 Å². The van der Waals surface area contributed by atoms with E-state index in [0.717, 1.165) is 49.6 Å². The highest BCUT2D eigenvalue weighted by atomic mass is 19.2. The molecule has 0 radical (unpaired) electrons. The molecule has 182 valence electrons. The topological polar surface area (TPSA) is 25.8 Å². The molecule has 1 aromatic carbocycles. The lowest BCUT2D eigenvalue weighted by molar-refractivity contribution is 0.249. The van der Waals surface area contributed by atoms with Crippen LogP contribution in [0.5, 0.6) is 0 Å². The van der Waals surface area contributed by atoms with E-state index in [1.54, 1.807) is 18.2 Å². The van der Waals surface area contributed by atoms with Gasteiger partial charge in [0, 0.05) is 5.56 Å². The van der Waals surface area contributed by atoms with E-state index in [4.69, 9.17) is 0 Å². The monoisotopic (exact) mass is 456 g/mol. The van der Waals surface area contributed by atoms with Crippen molar-refractivity contribution in [2.45, 2.75) is 110 Å². The maximum atomic E-state index is 14.7. The standard InChI is InChI=1S/C29H42F2N2/c1-3-5-7-8-9-11-24-17-20-26(29(31)28(24)30)27-21-19-25(32-33-27)18-16-23-14-12-22(13-15-23)10-6-4-2/h17,19-23H,3-16,18H2,1-2H3. The molecule has 1 aliphatic rings. The summed E-state index contributed by atoms with van der Waals surface area (Å²) in [5, 5.41) is 8.56. The summed E-state index contributed by atoms with van der Waals surface area (Å²) >= 11 is 0. The van der Waals surface area contributed by atoms with Crippen LogP contribution in [-0.2, 0) is 12.8 Å². The van der Waals surface area contributed by atoms with Gasteiger partial charge in [-0.1, -0.05) is 90.5 Å². The molecule has 0 spiro atoms. The quantitative estimate of drug-likeness (QED) is 0.281. The number of aryl methyl sites for hydroxylation is 2. The van der Waals surface area contributed by atoms with Gasteiger partial charge in [0.1, 0.15) is 0 Å². The van der Waals surface area contributed by atoms with Crippen LogP contribution in [0, 0.1) is 23.5 Å². The highest BCUT2D eigenvalue weighted by Gasteiger charge is 2.21. The molecule has 1 saturated carbocycles. The maximum Gasteiger partial charge on any atom is 0.168 e. The minimum absolute atomic E-state index is 0.201. The van der Waals surface area contributed by atoms with Crippen molar-refractivity contribution in [1.82, 2.24) is 10.2 Å². The minimum atomic E-state index is -0.803. The first kappa shape index (κ1) is 25.8. The van der Waals surface area contributed by atoms with E-state index >= 15 is 0 Å². The Hall–Kier alpha value is -1.84. The summed E-state index contributed by atoms with van der Waals surface area (Å²) < 4.78 is 29.3. The molecule has 0 unspecified atom stereocenters. The molecular weight excluding hydrogens is 414 g/mol. The van der Waals surface area contributed by atoms with Crippen molar-refractivity contribution in [2.24, 2.45) is 11.8 Å². The van der Waals surface area contributed by atoms with Crippen LogP contribution in [0.25, 0.3) is 11.3 Å². The zero-order valence-corrected chi connectivity index (χ0v) is 20.7. The summed E-state index contributed by atoms with van der Waals surface area (Å²) in [6, 6.07) is 7.07. The van der Waals surface area contributed by atoms with E-state index in [2.05, 4.69) is 24.0 Å². The molecule has 0 amide bonds. The van der Waals surface area contributed by atoms with Crippen LogP contribution >= 0.6 is 0 Å². The first-order valence-corrected chi connectivity index (χ1v) is 13.4. The van der Waals surface area contributed by atoms with Crippen LogP contribution in [0.1, 0.15) is 109 Å². The van der Waals surface area contributed by atoms with Crippen molar-refractivity contribution in [1.29, 1.82) is 0 Å². The van der Waals surface area contributed by atoms with E-state index < -0.39 is 11.6 Å². The lowest BCUT2D eigenvalue weighted by atomic mass is 9.78. The average molecular weight is 457 g/mol. The Labute approximate surface area is 199 Å². The van der Waals surface area contributed by atoms with Gasteiger partial charge in [-0.3, -0.25) is 0 Å². The number of nitrogens with zero attached hydrogens (tertiary/aromatic N) is 2. The van der Waals surface area contributed by atoms with Gasteiger partial charge in [-0.15, -0.1) is 0 Å². The van der Waals surface area contributed by atoms with E-state index in [-0.39, 0.29) is 5.56 Å². The lowest BCUT2D eigenvalue weighted by Crippen LogP contribution is -2.15. The Balaban J connectivity index is 1.50. The third kappa shape index (κ3) is 7.86. The van der Waals surface area contributed by atoms with Gasteiger partial charge >= 0.3 is 0 Å². The van der Waals surface area contributed by atoms with Gasteiger partial charge < -0.3 is 0 Å². The molecular formula is C29H42F2N2. The number of aromatic nitrogens is 2. The van der Waals surface area contributed by atoms with Gasteiger partial charge in [0.25, 0.3) is 0 Å². The van der Waals surface area contributed by atoms with Crippen LogP contribution in [-0.4, -0.2) is 10.2 Å². The Morgan fingerprint density at radius 1 is 0.697 bits per heavy atom. The molecule has 4 heteroatoms. The zero-order valence-electron chi connectivity index (χ0n) is 20.7. The number of unbranched alkanes of at least 4 members (excludes halogenated alkanes) is 5. The second-order valence-electron chi connectivity index (χ2n) is 10.0. The molecule has 1 aliphatic carbocycles. The Kier molecular flexibility index (Phi) is 10.8. The largest absolute Gasteiger partial charge is 0.203 e. The Bertz CT molecular complexity index is 826. The van der Waals surface area contributed by atoms with Gasteiger partial charge in [-0.2, -0.15) is 10.2 Å². The fourth-order valence-corrected chi connectivity index (χ4v) is 5.19. The van der Waals surface area contributed by atoms with E-state index in [1.807, 2.05) is 6.07 Å². The summed E-state index contributed by atoms with van der Waals surface area (Å²) in [5.41, 5.74) is 2.01. The highest BCUT2D eigenvalue weighted by Crippen LogP contribution is 2.34. The van der Waals surface area contributed by atoms with Gasteiger partial charge in [0.2, 0.25) is 0 Å². The second-order valence-corrected chi connectivity index (χ2v) is 10.0. The number of hydrogen-bond acceptors (Lipinski definition) is 2. The second kappa shape index (κ2) is 13.8. The molecule has 0 bridgehead atoms. The molecule has 1 heterocycles. The summed E-state index contributed by atoms with van der Waals surface area (Å²) in [6.45, 7) is 4.44. The number of halogens is 2. The molecule has 1 fully saturated rings. The fourth-order valence-electron chi connectivity index (χ4n) is 5.19. The summed E-state index contributed by atoms with van der Waals surface area (Å²) in [6.07, 6.45) is 17.6. The predicted octanol–water partition coefficient (Wildman–Crippen LogP) is 8.86. The predicted molar refractivity (Wildman–Crippen MR) is 133 cm³/mol. The van der Waals surface area contributed by atoms with Gasteiger partial charge in [-0.25, -0.2) is 8.78 Å². The molecule has 0 saturated heterocycles. The molecule has 2 aromatic rings. The fraction of sp³-hybridized carbons (Fsp3) is 0.655. The summed E-state index contributed by atoms with van der Waals surface area (Å²) in [7, 11) is 0. The van der Waals surface area contributed by atoms with Crippen molar-refractivity contribution in [3.05, 3.63) is 47.2 Å². The Morgan fingerprint density at radius 3 is 2.06 bits per heavy atom. The van der Waals surface area contributed by atoms with Crippen LogP contribution in [0.3, 0.4) is 0 Å². The van der Waals surface area contributed by atoms with Crippen molar-refractivity contribution in [2.75, 3.05) is 0 Å². The van der Waals surface area contributed by atoms with Crippen LogP contribution < -0.4 is 0 Å². The molecule has 2 nitrogen and oxygen atoms in total. The van der Waals surface area contributed by atoms with Crippen LogP contribution in [0.4, 0.5) is 8.78 Å². The third-order valence-electron chi connectivity index (χ3n) is 7.45. The van der Waals surface area contributed by atoms with E-state index in [1.165, 1.54) is 57.8 Å². The normalized spacial score (nSPS) is 18.5. The Morgan fingerprint density at radius 2 is 1.39 bits per heavy atom. The maximum absolute atomic E-state index is 14.7. The summed E-state index contributed by atoms with van der Waals surface area (Å²) in [4.78, 5) is 0. The van der Waals surface area contributed by atoms with Gasteiger partial charge in [0.15, 0.2) is 11.6 Å². The van der Waals surface area contributed by atoms with Crippen LogP contribution in [0.2, 0.25) is 0 Å².